The summed E-state index contributed by atoms with van der Waals surface area (Å²) >= 11 is 0. The number of alkyl halides is 3. The molecule has 0 bridgehead atoms. The lowest BCUT2D eigenvalue weighted by Crippen LogP contribution is -2.14. The molecule has 0 atom stereocenters. The average Bonchev–Trinajstić information content (AvgIpc) is 3.45. The molecule has 5 aromatic rings. The summed E-state index contributed by atoms with van der Waals surface area (Å²) in [6, 6.07) is 17.5. The average molecular weight is 581 g/mol. The molecule has 0 aliphatic carbocycles. The summed E-state index contributed by atoms with van der Waals surface area (Å²) in [7, 11) is 5.95. The monoisotopic (exact) mass is 580 g/mol. The zero-order valence-corrected chi connectivity index (χ0v) is 22.9. The summed E-state index contributed by atoms with van der Waals surface area (Å²) in [6.45, 7) is 0. The number of halogens is 4. The fraction of sp³-hybridized carbons (Fsp3) is 0.167. The molecule has 0 saturated carbocycles. The molecule has 42 heavy (non-hydrogen) atoms. The molecule has 0 N–H and O–H groups in total. The predicted octanol–water partition coefficient (Wildman–Crippen LogP) is 6.86. The minimum atomic E-state index is -4.81. The maximum absolute atomic E-state index is 14.1. The number of nitrogens with zero attached hydrogens (tertiary/aromatic N) is 4. The lowest BCUT2D eigenvalue weighted by molar-refractivity contribution is -0.141. The smallest absolute Gasteiger partial charge is 0.433 e. The molecule has 216 valence electrons. The van der Waals surface area contributed by atoms with Gasteiger partial charge >= 0.3 is 6.18 Å². The van der Waals surface area contributed by atoms with Crippen molar-refractivity contribution >= 4 is 0 Å². The van der Waals surface area contributed by atoms with Crippen LogP contribution >= 0.6 is 0 Å². The molecule has 0 amide bonds. The third kappa shape index (κ3) is 5.55. The normalized spacial score (nSPS) is 11.3. The predicted molar refractivity (Wildman–Crippen MR) is 147 cm³/mol. The summed E-state index contributed by atoms with van der Waals surface area (Å²) in [6.07, 6.45) is -4.81. The molecule has 8 nitrogen and oxygen atoms in total. The second-order valence-electron chi connectivity index (χ2n) is 8.90. The highest BCUT2D eigenvalue weighted by molar-refractivity contribution is 5.77. The molecule has 0 unspecified atom stereocenters. The number of aromatic nitrogens is 4. The van der Waals surface area contributed by atoms with Crippen LogP contribution in [-0.2, 0) is 6.18 Å². The van der Waals surface area contributed by atoms with Gasteiger partial charge in [0.05, 0.1) is 45.5 Å². The van der Waals surface area contributed by atoms with Gasteiger partial charge in [0, 0.05) is 28.8 Å². The van der Waals surface area contributed by atoms with Crippen LogP contribution in [0.15, 0.2) is 72.8 Å². The van der Waals surface area contributed by atoms with Crippen molar-refractivity contribution in [3.05, 3.63) is 84.3 Å². The fourth-order valence-electron chi connectivity index (χ4n) is 4.32. The molecule has 2 heterocycles. The number of rotatable bonds is 8. The van der Waals surface area contributed by atoms with E-state index >= 15 is 0 Å². The molecule has 0 fully saturated rings. The first-order valence-electron chi connectivity index (χ1n) is 12.4. The van der Waals surface area contributed by atoms with E-state index < -0.39 is 17.7 Å². The molecular formula is C30H24F4N4O4. The Hall–Kier alpha value is -5.13. The van der Waals surface area contributed by atoms with Gasteiger partial charge in [-0.2, -0.15) is 23.0 Å². The first-order valence-corrected chi connectivity index (χ1v) is 12.4. The molecule has 5 rings (SSSR count). The van der Waals surface area contributed by atoms with Gasteiger partial charge in [-0.15, -0.1) is 0 Å². The number of ether oxygens (including phenoxy) is 4. The Labute approximate surface area is 238 Å². The highest BCUT2D eigenvalue weighted by Gasteiger charge is 2.34. The third-order valence-corrected chi connectivity index (χ3v) is 6.41. The van der Waals surface area contributed by atoms with Crippen molar-refractivity contribution in [3.8, 4) is 62.7 Å². The van der Waals surface area contributed by atoms with Crippen LogP contribution < -0.4 is 18.9 Å². The molecular weight excluding hydrogens is 556 g/mol. The minimum absolute atomic E-state index is 0.0703. The summed E-state index contributed by atoms with van der Waals surface area (Å²) < 4.78 is 78.7. The second kappa shape index (κ2) is 11.4. The lowest BCUT2D eigenvalue weighted by atomic mass is 10.1. The van der Waals surface area contributed by atoms with Crippen LogP contribution in [-0.4, -0.2) is 48.2 Å². The van der Waals surface area contributed by atoms with E-state index in [0.29, 0.717) is 45.5 Å². The summed E-state index contributed by atoms with van der Waals surface area (Å²) in [4.78, 5) is 8.26. The number of benzene rings is 3. The highest BCUT2D eigenvalue weighted by atomic mass is 19.4. The van der Waals surface area contributed by atoms with Gasteiger partial charge in [0.1, 0.15) is 28.8 Å². The highest BCUT2D eigenvalue weighted by Crippen LogP contribution is 2.40. The minimum Gasteiger partial charge on any atom is -0.497 e. The van der Waals surface area contributed by atoms with Crippen LogP contribution in [0, 0.1) is 5.82 Å². The van der Waals surface area contributed by atoms with E-state index in [9.17, 15) is 17.6 Å². The topological polar surface area (TPSA) is 80.5 Å². The fourth-order valence-corrected chi connectivity index (χ4v) is 4.32. The Balaban J connectivity index is 1.80. The van der Waals surface area contributed by atoms with Crippen LogP contribution in [0.25, 0.3) is 39.7 Å². The van der Waals surface area contributed by atoms with Crippen molar-refractivity contribution in [1.29, 1.82) is 0 Å². The Bertz CT molecular complexity index is 1740. The van der Waals surface area contributed by atoms with Crippen molar-refractivity contribution in [1.82, 2.24) is 19.7 Å². The Morgan fingerprint density at radius 3 is 1.81 bits per heavy atom. The van der Waals surface area contributed by atoms with Crippen LogP contribution in [0.3, 0.4) is 0 Å². The van der Waals surface area contributed by atoms with Crippen molar-refractivity contribution < 1.29 is 36.5 Å². The van der Waals surface area contributed by atoms with Crippen LogP contribution in [0.4, 0.5) is 17.6 Å². The first-order chi connectivity index (χ1) is 20.1. The van der Waals surface area contributed by atoms with E-state index in [1.807, 2.05) is 0 Å². The molecule has 0 aliphatic heterocycles. The van der Waals surface area contributed by atoms with Crippen molar-refractivity contribution in [2.24, 2.45) is 0 Å². The van der Waals surface area contributed by atoms with E-state index in [1.54, 1.807) is 42.5 Å². The van der Waals surface area contributed by atoms with Crippen molar-refractivity contribution in [2.75, 3.05) is 28.4 Å². The number of methoxy groups -OCH3 is 4. The number of hydrogen-bond donors (Lipinski definition) is 0. The summed E-state index contributed by atoms with van der Waals surface area (Å²) in [5, 5.41) is 4.64. The molecule has 0 radical (unpaired) electrons. The quantitative estimate of drug-likeness (QED) is 0.186. The molecule has 12 heteroatoms. The van der Waals surface area contributed by atoms with Gasteiger partial charge in [-0.05, 0) is 60.7 Å². The molecule has 0 spiro atoms. The largest absolute Gasteiger partial charge is 0.497 e. The lowest BCUT2D eigenvalue weighted by Gasteiger charge is -2.14. The summed E-state index contributed by atoms with van der Waals surface area (Å²) in [5.41, 5.74) is 0.694. The van der Waals surface area contributed by atoms with Gasteiger partial charge in [-0.3, -0.25) is 0 Å². The maximum atomic E-state index is 14.1. The van der Waals surface area contributed by atoms with Gasteiger partial charge in [0.25, 0.3) is 5.95 Å². The zero-order chi connectivity index (χ0) is 30.0. The molecule has 2 aromatic heterocycles. The SMILES string of the molecule is COc1ccc(-c2cc(-c3ccc(OC)cc3OC)n(-c3nc(-c4ccc(F)cc4)cc(C(F)(F)F)n3)n2)c(OC)c1. The summed E-state index contributed by atoms with van der Waals surface area (Å²) in [5.74, 6) is 0.933. The van der Waals surface area contributed by atoms with Gasteiger partial charge < -0.3 is 18.9 Å². The Morgan fingerprint density at radius 2 is 1.24 bits per heavy atom. The zero-order valence-electron chi connectivity index (χ0n) is 22.9. The van der Waals surface area contributed by atoms with E-state index in [0.717, 1.165) is 18.2 Å². The molecule has 0 aliphatic rings. The second-order valence-corrected chi connectivity index (χ2v) is 8.90. The molecule has 0 saturated heterocycles. The van der Waals surface area contributed by atoms with E-state index in [-0.39, 0.29) is 17.2 Å². The van der Waals surface area contributed by atoms with Crippen LogP contribution in [0.1, 0.15) is 5.69 Å². The Kier molecular flexibility index (Phi) is 7.70. The number of hydrogen-bond acceptors (Lipinski definition) is 7. The Morgan fingerprint density at radius 1 is 0.643 bits per heavy atom. The van der Waals surface area contributed by atoms with E-state index in [1.165, 1.54) is 45.3 Å². The standard InChI is InChI=1S/C30H24F4N4O4/c1-39-19-9-11-21(26(13-19)41-3)24-15-25(22-12-10-20(40-2)14-27(22)42-4)38(37-24)29-35-23(16-28(36-29)30(32,33)34)17-5-7-18(31)8-6-17/h5-16H,1-4H3. The van der Waals surface area contributed by atoms with Gasteiger partial charge in [0.15, 0.2) is 5.69 Å². The third-order valence-electron chi connectivity index (χ3n) is 6.41. The maximum Gasteiger partial charge on any atom is 0.433 e. The van der Waals surface area contributed by atoms with Crippen LogP contribution in [0.5, 0.6) is 23.0 Å². The molecule has 3 aromatic carbocycles. The van der Waals surface area contributed by atoms with Gasteiger partial charge in [-0.1, -0.05) is 0 Å². The van der Waals surface area contributed by atoms with E-state index in [4.69, 9.17) is 18.9 Å². The first kappa shape index (κ1) is 28.4. The van der Waals surface area contributed by atoms with Crippen LogP contribution in [0.2, 0.25) is 0 Å². The van der Waals surface area contributed by atoms with Crippen molar-refractivity contribution in [2.45, 2.75) is 6.18 Å². The van der Waals surface area contributed by atoms with Crippen molar-refractivity contribution in [3.63, 3.8) is 0 Å². The van der Waals surface area contributed by atoms with E-state index in [2.05, 4.69) is 15.1 Å². The van der Waals surface area contributed by atoms with Gasteiger partial charge in [0.2, 0.25) is 0 Å². The van der Waals surface area contributed by atoms with Gasteiger partial charge in [-0.25, -0.2) is 14.4 Å².